The lowest BCUT2D eigenvalue weighted by Crippen LogP contribution is -2.10. The van der Waals surface area contributed by atoms with Gasteiger partial charge in [-0.25, -0.2) is 9.31 Å². The van der Waals surface area contributed by atoms with E-state index in [1.807, 2.05) is 31.2 Å². The fourth-order valence-corrected chi connectivity index (χ4v) is 2.09. The van der Waals surface area contributed by atoms with Gasteiger partial charge in [-0.2, -0.15) is 5.10 Å². The summed E-state index contributed by atoms with van der Waals surface area (Å²) < 4.78 is 1.51. The molecule has 0 fully saturated rings. The Morgan fingerprint density at radius 2 is 1.85 bits per heavy atom. The highest BCUT2D eigenvalue weighted by atomic mass is 16.4. The highest BCUT2D eigenvalue weighted by molar-refractivity contribution is 5.87. The van der Waals surface area contributed by atoms with Gasteiger partial charge >= 0.3 is 5.97 Å². The molecule has 6 heteroatoms. The molecule has 0 spiro atoms. The van der Waals surface area contributed by atoms with Crippen molar-refractivity contribution in [2.45, 2.75) is 13.8 Å². The second-order valence-corrected chi connectivity index (χ2v) is 4.60. The van der Waals surface area contributed by atoms with Gasteiger partial charge in [-0.05, 0) is 19.4 Å². The molecule has 1 aromatic carbocycles. The fourth-order valence-electron chi connectivity index (χ4n) is 2.09. The molecule has 0 bridgehead atoms. The second kappa shape index (κ2) is 4.41. The van der Waals surface area contributed by atoms with Crippen LogP contribution in [0.1, 0.15) is 21.7 Å². The minimum Gasteiger partial charge on any atom is -0.476 e. The Bertz CT molecular complexity index is 806. The molecule has 2 heterocycles. The number of nitrogens with zero attached hydrogens (tertiary/aromatic N) is 4. The van der Waals surface area contributed by atoms with Crippen LogP contribution in [0.3, 0.4) is 0 Å². The molecule has 0 atom stereocenters. The first-order valence-electron chi connectivity index (χ1n) is 6.09. The van der Waals surface area contributed by atoms with Crippen molar-refractivity contribution in [3.8, 4) is 11.1 Å². The van der Waals surface area contributed by atoms with Crippen molar-refractivity contribution < 1.29 is 9.90 Å². The lowest BCUT2D eigenvalue weighted by molar-refractivity contribution is 0.0687. The van der Waals surface area contributed by atoms with E-state index >= 15 is 0 Å². The molecular formula is C14H12N4O2. The average molecular weight is 268 g/mol. The lowest BCUT2D eigenvalue weighted by Gasteiger charge is -2.03. The largest absolute Gasteiger partial charge is 0.476 e. The summed E-state index contributed by atoms with van der Waals surface area (Å²) in [6.45, 7) is 3.68. The predicted molar refractivity (Wildman–Crippen MR) is 72.7 cm³/mol. The number of aromatic carboxylic acids is 1. The number of carboxylic acid groups (broad SMARTS) is 1. The number of carboxylic acids is 1. The van der Waals surface area contributed by atoms with Crippen LogP contribution in [0, 0.1) is 13.8 Å². The number of carbonyl (C=O) groups is 1. The van der Waals surface area contributed by atoms with Gasteiger partial charge in [0.1, 0.15) is 0 Å². The van der Waals surface area contributed by atoms with Gasteiger partial charge in [0.2, 0.25) is 0 Å². The van der Waals surface area contributed by atoms with Crippen LogP contribution in [0.4, 0.5) is 0 Å². The summed E-state index contributed by atoms with van der Waals surface area (Å²) in [5, 5.41) is 21.0. The molecular weight excluding hydrogens is 256 g/mol. The van der Waals surface area contributed by atoms with Crippen LogP contribution in [0.15, 0.2) is 30.5 Å². The summed E-state index contributed by atoms with van der Waals surface area (Å²) in [6, 6.07) is 7.97. The Morgan fingerprint density at radius 3 is 2.50 bits per heavy atom. The SMILES string of the molecule is Cc1ccc(-c2cnn3c(C)c(C(=O)O)nnc23)cc1. The molecule has 100 valence electrons. The van der Waals surface area contributed by atoms with Gasteiger partial charge in [0, 0.05) is 5.56 Å². The van der Waals surface area contributed by atoms with E-state index in [-0.39, 0.29) is 5.69 Å². The van der Waals surface area contributed by atoms with Crippen LogP contribution in [0.25, 0.3) is 16.8 Å². The van der Waals surface area contributed by atoms with Gasteiger partial charge in [-0.15, -0.1) is 10.2 Å². The molecule has 0 amide bonds. The van der Waals surface area contributed by atoms with Crippen molar-refractivity contribution >= 4 is 11.6 Å². The minimum atomic E-state index is -1.11. The number of fused-ring (bicyclic) bond motifs is 1. The van der Waals surface area contributed by atoms with E-state index in [0.29, 0.717) is 11.3 Å². The minimum absolute atomic E-state index is 0.0870. The first kappa shape index (κ1) is 12.3. The molecule has 0 radical (unpaired) electrons. The quantitative estimate of drug-likeness (QED) is 0.769. The smallest absolute Gasteiger partial charge is 0.358 e. The van der Waals surface area contributed by atoms with E-state index in [1.54, 1.807) is 13.1 Å². The molecule has 0 aliphatic heterocycles. The molecule has 0 aliphatic carbocycles. The zero-order chi connectivity index (χ0) is 14.3. The molecule has 20 heavy (non-hydrogen) atoms. The zero-order valence-corrected chi connectivity index (χ0v) is 11.0. The predicted octanol–water partition coefficient (Wildman–Crippen LogP) is 2.11. The molecule has 0 saturated carbocycles. The summed E-state index contributed by atoms with van der Waals surface area (Å²) in [6.07, 6.45) is 1.67. The molecule has 6 nitrogen and oxygen atoms in total. The average Bonchev–Trinajstić information content (AvgIpc) is 2.84. The van der Waals surface area contributed by atoms with Crippen LogP contribution in [0.5, 0.6) is 0 Å². The van der Waals surface area contributed by atoms with Crippen molar-refractivity contribution in [1.29, 1.82) is 0 Å². The zero-order valence-electron chi connectivity index (χ0n) is 11.0. The molecule has 0 aliphatic rings. The summed E-state index contributed by atoms with van der Waals surface area (Å²) in [7, 11) is 0. The van der Waals surface area contributed by atoms with Crippen molar-refractivity contribution in [2.24, 2.45) is 0 Å². The highest BCUT2D eigenvalue weighted by Gasteiger charge is 2.16. The summed E-state index contributed by atoms with van der Waals surface area (Å²) >= 11 is 0. The number of benzene rings is 1. The number of hydrogen-bond acceptors (Lipinski definition) is 4. The van der Waals surface area contributed by atoms with Gasteiger partial charge in [0.25, 0.3) is 0 Å². The van der Waals surface area contributed by atoms with Gasteiger partial charge in [0.05, 0.1) is 11.9 Å². The van der Waals surface area contributed by atoms with Crippen molar-refractivity contribution in [3.05, 3.63) is 47.4 Å². The molecule has 3 rings (SSSR count). The van der Waals surface area contributed by atoms with Crippen LogP contribution in [-0.4, -0.2) is 30.9 Å². The second-order valence-electron chi connectivity index (χ2n) is 4.60. The van der Waals surface area contributed by atoms with Crippen molar-refractivity contribution in [3.63, 3.8) is 0 Å². The van der Waals surface area contributed by atoms with Crippen LogP contribution in [0.2, 0.25) is 0 Å². The molecule has 0 unspecified atom stereocenters. The van der Waals surface area contributed by atoms with Gasteiger partial charge in [-0.1, -0.05) is 29.8 Å². The summed E-state index contributed by atoms with van der Waals surface area (Å²) in [5.74, 6) is -1.11. The highest BCUT2D eigenvalue weighted by Crippen LogP contribution is 2.24. The first-order chi connectivity index (χ1) is 9.58. The third-order valence-corrected chi connectivity index (χ3v) is 3.21. The third kappa shape index (κ3) is 1.82. The number of hydrogen-bond donors (Lipinski definition) is 1. The molecule has 2 aromatic heterocycles. The van der Waals surface area contributed by atoms with Crippen LogP contribution < -0.4 is 0 Å². The Hall–Kier alpha value is -2.76. The van der Waals surface area contributed by atoms with Gasteiger partial charge in [0.15, 0.2) is 11.3 Å². The number of rotatable bonds is 2. The topological polar surface area (TPSA) is 80.4 Å². The van der Waals surface area contributed by atoms with E-state index in [4.69, 9.17) is 5.11 Å². The van der Waals surface area contributed by atoms with Crippen LogP contribution in [-0.2, 0) is 0 Å². The maximum atomic E-state index is 11.0. The van der Waals surface area contributed by atoms with Crippen LogP contribution >= 0.6 is 0 Å². The van der Waals surface area contributed by atoms with E-state index in [9.17, 15) is 4.79 Å². The fraction of sp³-hybridized carbons (Fsp3) is 0.143. The van der Waals surface area contributed by atoms with E-state index in [1.165, 1.54) is 10.1 Å². The Labute approximate surface area is 114 Å². The lowest BCUT2D eigenvalue weighted by atomic mass is 10.1. The maximum Gasteiger partial charge on any atom is 0.358 e. The van der Waals surface area contributed by atoms with E-state index in [0.717, 1.165) is 11.1 Å². The van der Waals surface area contributed by atoms with E-state index < -0.39 is 5.97 Å². The third-order valence-electron chi connectivity index (χ3n) is 3.21. The van der Waals surface area contributed by atoms with Gasteiger partial charge in [-0.3, -0.25) is 0 Å². The first-order valence-corrected chi connectivity index (χ1v) is 6.09. The van der Waals surface area contributed by atoms with Crippen molar-refractivity contribution in [1.82, 2.24) is 19.8 Å². The summed E-state index contributed by atoms with van der Waals surface area (Å²) in [5.41, 5.74) is 3.90. The number of aromatic nitrogens is 4. The molecule has 1 N–H and O–H groups in total. The van der Waals surface area contributed by atoms with Gasteiger partial charge < -0.3 is 5.11 Å². The van der Waals surface area contributed by atoms with E-state index in [2.05, 4.69) is 15.3 Å². The Morgan fingerprint density at radius 1 is 1.15 bits per heavy atom. The summed E-state index contributed by atoms with van der Waals surface area (Å²) in [4.78, 5) is 11.0. The molecule has 3 aromatic rings. The molecule has 0 saturated heterocycles. The maximum absolute atomic E-state index is 11.0. The Kier molecular flexibility index (Phi) is 2.71. The standard InChI is InChI=1S/C14H12N4O2/c1-8-3-5-10(6-4-8)11-7-15-18-9(2)12(14(19)20)16-17-13(11)18/h3-7H,1-2H3,(H,19,20). The number of aryl methyl sites for hydroxylation is 2. The monoisotopic (exact) mass is 268 g/mol. The van der Waals surface area contributed by atoms with Crippen molar-refractivity contribution in [2.75, 3.05) is 0 Å². The normalized spacial score (nSPS) is 10.9. The Balaban J connectivity index is 2.22.